The fraction of sp³-hybridized carbons (Fsp3) is 0.250. The summed E-state index contributed by atoms with van der Waals surface area (Å²) in [5.41, 5.74) is 7.05. The van der Waals surface area contributed by atoms with Crippen LogP contribution in [0.5, 0.6) is 5.75 Å². The van der Waals surface area contributed by atoms with Gasteiger partial charge in [-0.25, -0.2) is 8.42 Å². The number of benzene rings is 2. The van der Waals surface area contributed by atoms with Crippen LogP contribution in [-0.4, -0.2) is 45.2 Å². The largest absolute Gasteiger partial charge is 0.495 e. The molecule has 1 unspecified atom stereocenters. The first kappa shape index (κ1) is 21.8. The van der Waals surface area contributed by atoms with Crippen molar-refractivity contribution in [1.29, 1.82) is 0 Å². The summed E-state index contributed by atoms with van der Waals surface area (Å²) in [7, 11) is -6.14. The van der Waals surface area contributed by atoms with Gasteiger partial charge in [-0.15, -0.1) is 0 Å². The highest BCUT2D eigenvalue weighted by molar-refractivity contribution is 7.91. The van der Waals surface area contributed by atoms with Crippen molar-refractivity contribution in [2.24, 2.45) is 10.2 Å². The SMILES string of the molecule is COc1cc(/N=N/c2ccc(S(=O)(=O)N(C)C(C)S(=O)(=O)O)cc2)ccc1N. The second-order valence-electron chi connectivity index (χ2n) is 5.76. The number of azo groups is 1. The Morgan fingerprint density at radius 2 is 1.57 bits per heavy atom. The van der Waals surface area contributed by atoms with E-state index in [-0.39, 0.29) is 4.90 Å². The van der Waals surface area contributed by atoms with Crippen LogP contribution in [0.15, 0.2) is 57.6 Å². The van der Waals surface area contributed by atoms with E-state index < -0.39 is 25.5 Å². The molecule has 0 spiro atoms. The summed E-state index contributed by atoms with van der Waals surface area (Å²) in [4.78, 5) is -0.154. The highest BCUT2D eigenvalue weighted by Crippen LogP contribution is 2.28. The van der Waals surface area contributed by atoms with Crippen LogP contribution in [0.2, 0.25) is 0 Å². The smallest absolute Gasteiger partial charge is 0.281 e. The molecule has 10 nitrogen and oxygen atoms in total. The lowest BCUT2D eigenvalue weighted by Gasteiger charge is -2.21. The summed E-state index contributed by atoms with van der Waals surface area (Å²) < 4.78 is 62.1. The van der Waals surface area contributed by atoms with Crippen LogP contribution in [-0.2, 0) is 20.1 Å². The highest BCUT2D eigenvalue weighted by atomic mass is 32.2. The maximum absolute atomic E-state index is 12.5. The molecule has 0 amide bonds. The number of anilines is 1. The van der Waals surface area contributed by atoms with Gasteiger partial charge in [-0.3, -0.25) is 4.55 Å². The molecule has 2 aromatic carbocycles. The zero-order valence-electron chi connectivity index (χ0n) is 15.3. The molecular weight excluding hydrogens is 408 g/mol. The van der Waals surface area contributed by atoms with E-state index in [0.29, 0.717) is 27.1 Å². The van der Waals surface area contributed by atoms with Crippen molar-refractivity contribution in [2.45, 2.75) is 17.2 Å². The summed E-state index contributed by atoms with van der Waals surface area (Å²) in [6.07, 6.45) is 0. The van der Waals surface area contributed by atoms with Gasteiger partial charge in [-0.1, -0.05) is 0 Å². The zero-order valence-corrected chi connectivity index (χ0v) is 17.0. The van der Waals surface area contributed by atoms with E-state index in [1.807, 2.05) is 0 Å². The lowest BCUT2D eigenvalue weighted by molar-refractivity contribution is 0.401. The van der Waals surface area contributed by atoms with Crippen LogP contribution >= 0.6 is 0 Å². The minimum atomic E-state index is -4.56. The number of methoxy groups -OCH3 is 1. The number of nitrogens with two attached hydrogens (primary N) is 1. The summed E-state index contributed by atoms with van der Waals surface area (Å²) in [5.74, 6) is 0.453. The van der Waals surface area contributed by atoms with E-state index >= 15 is 0 Å². The van der Waals surface area contributed by atoms with Crippen molar-refractivity contribution in [3.05, 3.63) is 42.5 Å². The van der Waals surface area contributed by atoms with Crippen LogP contribution in [0.3, 0.4) is 0 Å². The molecule has 0 aliphatic heterocycles. The van der Waals surface area contributed by atoms with E-state index in [1.54, 1.807) is 18.2 Å². The Labute approximate surface area is 163 Å². The Morgan fingerprint density at radius 1 is 1.04 bits per heavy atom. The molecule has 152 valence electrons. The zero-order chi connectivity index (χ0) is 21.1. The molecule has 28 heavy (non-hydrogen) atoms. The van der Waals surface area contributed by atoms with Crippen molar-refractivity contribution in [1.82, 2.24) is 4.31 Å². The third kappa shape index (κ3) is 4.84. The molecule has 12 heteroatoms. The molecule has 0 heterocycles. The molecule has 0 aromatic heterocycles. The number of hydrogen-bond acceptors (Lipinski definition) is 8. The predicted molar refractivity (Wildman–Crippen MR) is 104 cm³/mol. The van der Waals surface area contributed by atoms with Crippen LogP contribution in [0.25, 0.3) is 0 Å². The third-order valence-corrected chi connectivity index (χ3v) is 7.21. The van der Waals surface area contributed by atoms with Crippen molar-refractivity contribution in [2.75, 3.05) is 19.9 Å². The van der Waals surface area contributed by atoms with Crippen LogP contribution in [0, 0.1) is 0 Å². The minimum absolute atomic E-state index is 0.154. The van der Waals surface area contributed by atoms with Crippen molar-refractivity contribution < 1.29 is 26.1 Å². The van der Waals surface area contributed by atoms with E-state index in [2.05, 4.69) is 10.2 Å². The normalized spacial score (nSPS) is 13.8. The molecule has 2 aromatic rings. The Kier molecular flexibility index (Phi) is 6.39. The fourth-order valence-corrected chi connectivity index (χ4v) is 4.36. The maximum Gasteiger partial charge on any atom is 0.281 e. The van der Waals surface area contributed by atoms with Crippen molar-refractivity contribution in [3.8, 4) is 5.75 Å². The topological polar surface area (TPSA) is 152 Å². The van der Waals surface area contributed by atoms with Crippen LogP contribution in [0.4, 0.5) is 17.1 Å². The van der Waals surface area contributed by atoms with Gasteiger partial charge in [0.15, 0.2) is 0 Å². The van der Waals surface area contributed by atoms with Crippen LogP contribution in [0.1, 0.15) is 6.92 Å². The molecule has 3 N–H and O–H groups in total. The van der Waals surface area contributed by atoms with Gasteiger partial charge in [0.05, 0.1) is 29.1 Å². The number of hydrogen-bond donors (Lipinski definition) is 2. The lowest BCUT2D eigenvalue weighted by Crippen LogP contribution is -2.39. The third-order valence-electron chi connectivity index (χ3n) is 3.95. The quantitative estimate of drug-likeness (QED) is 0.390. The Bertz CT molecular complexity index is 1080. The molecule has 0 radical (unpaired) electrons. The summed E-state index contributed by atoms with van der Waals surface area (Å²) in [6, 6.07) is 10.2. The Balaban J connectivity index is 2.23. The van der Waals surface area contributed by atoms with Gasteiger partial charge in [0.2, 0.25) is 10.0 Å². The summed E-state index contributed by atoms with van der Waals surface area (Å²) in [5, 5.41) is 6.41. The van der Waals surface area contributed by atoms with Crippen molar-refractivity contribution >= 4 is 37.2 Å². The van der Waals surface area contributed by atoms with E-state index in [9.17, 15) is 16.8 Å². The number of sulfonamides is 1. The Hall–Kier alpha value is -2.54. The second kappa shape index (κ2) is 8.22. The monoisotopic (exact) mass is 428 g/mol. The minimum Gasteiger partial charge on any atom is -0.495 e. The summed E-state index contributed by atoms with van der Waals surface area (Å²) >= 11 is 0. The molecule has 2 rings (SSSR count). The standard InChI is InChI=1S/C16H20N4O6S2/c1-11(28(23,24)25)20(2)27(21,22)14-7-4-12(5-8-14)18-19-13-6-9-15(17)16(10-13)26-3/h4-11H,17H2,1-3H3,(H,23,24,25)/b19-18+. The van der Waals surface area contributed by atoms with Gasteiger partial charge in [0, 0.05) is 13.1 Å². The highest BCUT2D eigenvalue weighted by Gasteiger charge is 2.32. The second-order valence-corrected chi connectivity index (χ2v) is 9.47. The van der Waals surface area contributed by atoms with Gasteiger partial charge < -0.3 is 10.5 Å². The predicted octanol–water partition coefficient (Wildman–Crippen LogP) is 2.55. The summed E-state index contributed by atoms with van der Waals surface area (Å²) in [6.45, 7) is 1.07. The maximum atomic E-state index is 12.5. The first-order valence-electron chi connectivity index (χ1n) is 7.86. The molecule has 0 bridgehead atoms. The Morgan fingerprint density at radius 3 is 2.11 bits per heavy atom. The van der Waals surface area contributed by atoms with E-state index in [4.69, 9.17) is 15.0 Å². The molecule has 0 saturated heterocycles. The van der Waals surface area contributed by atoms with Gasteiger partial charge in [-0.2, -0.15) is 23.0 Å². The average Bonchev–Trinajstić information content (AvgIpc) is 2.65. The van der Waals surface area contributed by atoms with Crippen LogP contribution < -0.4 is 10.5 Å². The first-order valence-corrected chi connectivity index (χ1v) is 10.8. The van der Waals surface area contributed by atoms with E-state index in [0.717, 1.165) is 14.0 Å². The molecule has 1 atom stereocenters. The van der Waals surface area contributed by atoms with Gasteiger partial charge >= 0.3 is 0 Å². The first-order chi connectivity index (χ1) is 13.0. The van der Waals surface area contributed by atoms with Gasteiger partial charge in [0.1, 0.15) is 11.1 Å². The number of rotatable bonds is 7. The number of nitrogens with zero attached hydrogens (tertiary/aromatic N) is 3. The molecular formula is C16H20N4O6S2. The van der Waals surface area contributed by atoms with Crippen molar-refractivity contribution in [3.63, 3.8) is 0 Å². The van der Waals surface area contributed by atoms with E-state index in [1.165, 1.54) is 31.4 Å². The fourth-order valence-electron chi connectivity index (χ4n) is 2.11. The molecule has 0 aliphatic rings. The molecule has 0 aliphatic carbocycles. The molecule has 0 fully saturated rings. The average molecular weight is 428 g/mol. The van der Waals surface area contributed by atoms with Gasteiger partial charge in [0.25, 0.3) is 10.1 Å². The molecule has 0 saturated carbocycles. The number of ether oxygens (including phenoxy) is 1. The lowest BCUT2D eigenvalue weighted by atomic mass is 10.2. The number of nitrogen functional groups attached to an aromatic ring is 1. The van der Waals surface area contributed by atoms with Gasteiger partial charge in [-0.05, 0) is 43.3 Å².